The second-order valence-corrected chi connectivity index (χ2v) is 5.03. The molecule has 2 rings (SSSR count). The summed E-state index contributed by atoms with van der Waals surface area (Å²) in [5.74, 6) is 1.40. The zero-order chi connectivity index (χ0) is 13.1. The van der Waals surface area contributed by atoms with Gasteiger partial charge in [0.05, 0.1) is 0 Å². The minimum absolute atomic E-state index is 0.496. The van der Waals surface area contributed by atoms with E-state index in [2.05, 4.69) is 20.9 Å². The number of aryl methyl sites for hydroxylation is 2. The summed E-state index contributed by atoms with van der Waals surface area (Å²) in [6, 6.07) is 9.68. The lowest BCUT2D eigenvalue weighted by Crippen LogP contribution is -2.01. The molecule has 94 valence electrons. The molecular weight excluding hydrogens is 292 g/mol. The van der Waals surface area contributed by atoms with Crippen molar-refractivity contribution >= 4 is 15.9 Å². The zero-order valence-electron chi connectivity index (χ0n) is 10.4. The largest absolute Gasteiger partial charge is 0.439 e. The summed E-state index contributed by atoms with van der Waals surface area (Å²) in [5, 5.41) is 0. The summed E-state index contributed by atoms with van der Waals surface area (Å²) in [6.07, 6.45) is 0. The van der Waals surface area contributed by atoms with Gasteiger partial charge in [0.2, 0.25) is 5.88 Å². The van der Waals surface area contributed by atoms with Crippen LogP contribution in [0.25, 0.3) is 0 Å². The van der Waals surface area contributed by atoms with Crippen LogP contribution < -0.4 is 10.5 Å². The van der Waals surface area contributed by atoms with Crippen LogP contribution in [0.4, 0.5) is 0 Å². The average molecular weight is 307 g/mol. The summed E-state index contributed by atoms with van der Waals surface area (Å²) >= 11 is 3.43. The normalized spacial score (nSPS) is 10.4. The molecule has 3 nitrogen and oxygen atoms in total. The maximum absolute atomic E-state index is 5.77. The molecule has 0 aliphatic heterocycles. The molecule has 0 aliphatic carbocycles. The molecule has 0 saturated carbocycles. The second kappa shape index (κ2) is 5.50. The molecule has 2 aromatic rings. The first kappa shape index (κ1) is 13.1. The van der Waals surface area contributed by atoms with Crippen LogP contribution in [0.3, 0.4) is 0 Å². The van der Waals surface area contributed by atoms with Gasteiger partial charge >= 0.3 is 0 Å². The van der Waals surface area contributed by atoms with Gasteiger partial charge in [-0.3, -0.25) is 0 Å². The van der Waals surface area contributed by atoms with Gasteiger partial charge < -0.3 is 10.5 Å². The lowest BCUT2D eigenvalue weighted by molar-refractivity contribution is 0.457. The van der Waals surface area contributed by atoms with E-state index < -0.39 is 0 Å². The van der Waals surface area contributed by atoms with Gasteiger partial charge in [-0.05, 0) is 43.2 Å². The van der Waals surface area contributed by atoms with E-state index in [0.717, 1.165) is 27.0 Å². The minimum Gasteiger partial charge on any atom is -0.439 e. The fraction of sp³-hybridized carbons (Fsp3) is 0.214. The number of halogens is 1. The Bertz CT molecular complexity index is 570. The summed E-state index contributed by atoms with van der Waals surface area (Å²) < 4.78 is 6.81. The number of benzene rings is 1. The molecule has 0 amide bonds. The third kappa shape index (κ3) is 2.89. The van der Waals surface area contributed by atoms with Crippen LogP contribution in [0.5, 0.6) is 11.6 Å². The molecule has 0 aliphatic rings. The Labute approximate surface area is 115 Å². The molecule has 0 bridgehead atoms. The second-order valence-electron chi connectivity index (χ2n) is 4.11. The Hall–Kier alpha value is -1.39. The average Bonchev–Trinajstić information content (AvgIpc) is 2.33. The fourth-order valence-electron chi connectivity index (χ4n) is 1.68. The summed E-state index contributed by atoms with van der Waals surface area (Å²) in [6.45, 7) is 4.43. The van der Waals surface area contributed by atoms with Crippen LogP contribution in [-0.2, 0) is 6.54 Å². The molecule has 4 heteroatoms. The zero-order valence-corrected chi connectivity index (χ0v) is 12.0. The van der Waals surface area contributed by atoms with Crippen LogP contribution in [0, 0.1) is 13.8 Å². The first-order chi connectivity index (χ1) is 8.60. The van der Waals surface area contributed by atoms with Crippen LogP contribution >= 0.6 is 15.9 Å². The first-order valence-electron chi connectivity index (χ1n) is 5.70. The number of ether oxygens (including phenoxy) is 1. The van der Waals surface area contributed by atoms with E-state index in [-0.39, 0.29) is 0 Å². The van der Waals surface area contributed by atoms with Crippen LogP contribution in [0.15, 0.2) is 34.8 Å². The SMILES string of the molecule is Cc1cc(Br)ccc1Oc1ccc(CN)c(C)n1. The lowest BCUT2D eigenvalue weighted by Gasteiger charge is -2.10. The third-order valence-electron chi connectivity index (χ3n) is 2.74. The van der Waals surface area contributed by atoms with E-state index in [9.17, 15) is 0 Å². The van der Waals surface area contributed by atoms with Crippen molar-refractivity contribution in [1.29, 1.82) is 0 Å². The Balaban J connectivity index is 2.26. The number of nitrogens with two attached hydrogens (primary N) is 1. The minimum atomic E-state index is 0.496. The smallest absolute Gasteiger partial charge is 0.219 e. The summed E-state index contributed by atoms with van der Waals surface area (Å²) in [7, 11) is 0. The number of nitrogens with zero attached hydrogens (tertiary/aromatic N) is 1. The van der Waals surface area contributed by atoms with Crippen molar-refractivity contribution in [3.8, 4) is 11.6 Å². The fourth-order valence-corrected chi connectivity index (χ4v) is 2.15. The van der Waals surface area contributed by atoms with Crippen molar-refractivity contribution in [3.63, 3.8) is 0 Å². The molecule has 0 saturated heterocycles. The molecule has 1 aromatic carbocycles. The van der Waals surface area contributed by atoms with Gasteiger partial charge in [-0.2, -0.15) is 0 Å². The van der Waals surface area contributed by atoms with E-state index in [4.69, 9.17) is 10.5 Å². The molecule has 1 aromatic heterocycles. The molecule has 0 spiro atoms. The standard InChI is InChI=1S/C14H15BrN2O/c1-9-7-12(15)4-5-13(9)18-14-6-3-11(8-16)10(2)17-14/h3-7H,8,16H2,1-2H3. The Morgan fingerprint density at radius 3 is 2.61 bits per heavy atom. The summed E-state index contributed by atoms with van der Waals surface area (Å²) in [4.78, 5) is 4.39. The molecule has 2 N–H and O–H groups in total. The number of pyridine rings is 1. The Morgan fingerprint density at radius 2 is 2.00 bits per heavy atom. The van der Waals surface area contributed by atoms with Crippen molar-refractivity contribution in [2.45, 2.75) is 20.4 Å². The predicted octanol–water partition coefficient (Wildman–Crippen LogP) is 3.71. The number of hydrogen-bond acceptors (Lipinski definition) is 3. The lowest BCUT2D eigenvalue weighted by atomic mass is 10.2. The highest BCUT2D eigenvalue weighted by molar-refractivity contribution is 9.10. The van der Waals surface area contributed by atoms with E-state index in [1.807, 2.05) is 44.2 Å². The van der Waals surface area contributed by atoms with Crippen molar-refractivity contribution < 1.29 is 4.74 Å². The number of rotatable bonds is 3. The topological polar surface area (TPSA) is 48.1 Å². The molecule has 1 heterocycles. The van der Waals surface area contributed by atoms with Crippen molar-refractivity contribution in [2.24, 2.45) is 5.73 Å². The molecule has 0 fully saturated rings. The molecule has 0 unspecified atom stereocenters. The van der Waals surface area contributed by atoms with E-state index in [0.29, 0.717) is 12.4 Å². The monoisotopic (exact) mass is 306 g/mol. The van der Waals surface area contributed by atoms with Crippen molar-refractivity contribution in [1.82, 2.24) is 4.98 Å². The molecular formula is C14H15BrN2O. The van der Waals surface area contributed by atoms with Gasteiger partial charge in [0.25, 0.3) is 0 Å². The highest BCUT2D eigenvalue weighted by Crippen LogP contribution is 2.26. The first-order valence-corrected chi connectivity index (χ1v) is 6.50. The Kier molecular flexibility index (Phi) is 3.99. The van der Waals surface area contributed by atoms with E-state index in [1.54, 1.807) is 0 Å². The van der Waals surface area contributed by atoms with Gasteiger partial charge in [-0.15, -0.1) is 0 Å². The van der Waals surface area contributed by atoms with Crippen molar-refractivity contribution in [3.05, 3.63) is 51.6 Å². The maximum Gasteiger partial charge on any atom is 0.219 e. The maximum atomic E-state index is 5.77. The number of aromatic nitrogens is 1. The predicted molar refractivity (Wildman–Crippen MR) is 75.8 cm³/mol. The van der Waals surface area contributed by atoms with E-state index in [1.165, 1.54) is 0 Å². The van der Waals surface area contributed by atoms with Gasteiger partial charge in [0.1, 0.15) is 5.75 Å². The highest BCUT2D eigenvalue weighted by atomic mass is 79.9. The van der Waals surface area contributed by atoms with E-state index >= 15 is 0 Å². The Morgan fingerprint density at radius 1 is 1.22 bits per heavy atom. The van der Waals surface area contributed by atoms with Crippen LogP contribution in [0.2, 0.25) is 0 Å². The molecule has 0 radical (unpaired) electrons. The molecule has 18 heavy (non-hydrogen) atoms. The quantitative estimate of drug-likeness (QED) is 0.940. The van der Waals surface area contributed by atoms with Gasteiger partial charge in [0, 0.05) is 22.8 Å². The van der Waals surface area contributed by atoms with Gasteiger partial charge in [-0.25, -0.2) is 4.98 Å². The molecule has 0 atom stereocenters. The van der Waals surface area contributed by atoms with Gasteiger partial charge in [-0.1, -0.05) is 22.0 Å². The summed E-state index contributed by atoms with van der Waals surface area (Å²) in [5.41, 5.74) is 8.61. The van der Waals surface area contributed by atoms with Crippen molar-refractivity contribution in [2.75, 3.05) is 0 Å². The van der Waals surface area contributed by atoms with Crippen LogP contribution in [-0.4, -0.2) is 4.98 Å². The van der Waals surface area contributed by atoms with Crippen LogP contribution in [0.1, 0.15) is 16.8 Å². The van der Waals surface area contributed by atoms with Gasteiger partial charge in [0.15, 0.2) is 0 Å². The third-order valence-corrected chi connectivity index (χ3v) is 3.23. The highest BCUT2D eigenvalue weighted by Gasteiger charge is 2.05. The number of hydrogen-bond donors (Lipinski definition) is 1.